The van der Waals surface area contributed by atoms with Crippen molar-refractivity contribution in [3.05, 3.63) is 0 Å². The Balaban J connectivity index is 0. The van der Waals surface area contributed by atoms with Crippen LogP contribution in [0.2, 0.25) is 0 Å². The Bertz CT molecular complexity index is 652. The first kappa shape index (κ1) is 37.2. The smallest absolute Gasteiger partial charge is 0.861 e. The molecule has 0 aromatic rings. The van der Waals surface area contributed by atoms with Gasteiger partial charge in [0.2, 0.25) is 0 Å². The van der Waals surface area contributed by atoms with Gasteiger partial charge in [0, 0.05) is 27.3 Å². The minimum absolute atomic E-state index is 0. The van der Waals surface area contributed by atoms with Crippen molar-refractivity contribution in [2.45, 2.75) is 51.0 Å². The second-order valence-electron chi connectivity index (χ2n) is 7.33. The molecule has 0 rings (SSSR count). The van der Waals surface area contributed by atoms with Crippen molar-refractivity contribution in [2.24, 2.45) is 4.99 Å². The Morgan fingerprint density at radius 1 is 0.889 bits per heavy atom. The third kappa shape index (κ3) is 24.7. The van der Waals surface area contributed by atoms with Crippen LogP contribution in [-0.2, 0) is 28.0 Å². The van der Waals surface area contributed by atoms with Crippen LogP contribution in [0.4, 0.5) is 9.59 Å². The number of phosphoric acid groups is 1. The summed E-state index contributed by atoms with van der Waals surface area (Å²) in [6.45, 7) is 1.27. The van der Waals surface area contributed by atoms with E-state index in [2.05, 4.69) is 20.1 Å². The molecule has 1 atom stereocenters. The van der Waals surface area contributed by atoms with Gasteiger partial charge in [-0.05, 0) is 38.0 Å². The second kappa shape index (κ2) is 24.4. The van der Waals surface area contributed by atoms with Crippen molar-refractivity contribution in [3.63, 3.8) is 0 Å². The van der Waals surface area contributed by atoms with E-state index in [1.165, 1.54) is 14.2 Å². The minimum atomic E-state index is -4.44. The van der Waals surface area contributed by atoms with E-state index in [1.54, 1.807) is 0 Å². The van der Waals surface area contributed by atoms with E-state index in [-0.39, 0.29) is 62.5 Å². The van der Waals surface area contributed by atoms with E-state index < -0.39 is 31.9 Å². The molecule has 206 valence electrons. The van der Waals surface area contributed by atoms with Crippen LogP contribution >= 0.6 is 7.82 Å². The predicted molar refractivity (Wildman–Crippen MR) is 124 cm³/mol. The molecule has 0 radical (unpaired) electrons. The summed E-state index contributed by atoms with van der Waals surface area (Å²) in [6.07, 6.45) is 2.53. The normalized spacial score (nSPS) is 12.4. The van der Waals surface area contributed by atoms with Gasteiger partial charge in [0.1, 0.15) is 13.2 Å². The van der Waals surface area contributed by atoms with E-state index >= 15 is 0 Å². The number of ether oxygens (including phenoxy) is 4. The van der Waals surface area contributed by atoms with Crippen LogP contribution in [-0.4, -0.2) is 94.3 Å². The van der Waals surface area contributed by atoms with Crippen LogP contribution in [0.3, 0.4) is 0 Å². The number of aliphatic imine (C=N–C) groups is 1. The number of carbonyl (C=O) groups excluding carboxylic acids is 2. The standard InChI is InChI=1S/C20H40N3O11P.Na/c1-30-13-15-32-19(25)22-11-7-5-9-17(23-20(26)33-16-14-31-2)18(24)21-10-6-3-4-8-12-34-35(27,28)29;/h17H,3-16H2,1-2H3,(H,21,24)(H,22,25)(H,23,26)(H2,27,28,29);/q;+1/p-1. The quantitative estimate of drug-likeness (QED) is 0.0394. The number of hydrogen-bond acceptors (Lipinski definition) is 10. The first-order valence-corrected chi connectivity index (χ1v) is 13.0. The van der Waals surface area contributed by atoms with Gasteiger partial charge in [-0.3, -0.25) is 4.52 Å². The van der Waals surface area contributed by atoms with Crippen LogP contribution in [0, 0.1) is 0 Å². The largest absolute Gasteiger partial charge is 1.00 e. The summed E-state index contributed by atoms with van der Waals surface area (Å²) in [5.41, 5.74) is 0. The topological polar surface area (TPSA) is 197 Å². The van der Waals surface area contributed by atoms with E-state index in [0.717, 1.165) is 0 Å². The molecule has 0 aliphatic heterocycles. The Kier molecular flexibility index (Phi) is 25.2. The summed E-state index contributed by atoms with van der Waals surface area (Å²) in [7, 11) is -1.47. The molecule has 1 unspecified atom stereocenters. The SMILES string of the molecule is COCCOC(=O)NCCCCC(NC(=O)OCCOC)C([O-])=NCCCCCCOP(=O)(O)O.[Na+]. The molecule has 0 aromatic carbocycles. The molecule has 0 saturated heterocycles. The molecular formula is C20H39N3NaO11P. The Hall–Kier alpha value is -0.960. The number of amides is 2. The molecule has 0 saturated carbocycles. The van der Waals surface area contributed by atoms with Crippen molar-refractivity contribution < 1.29 is 82.1 Å². The zero-order valence-electron chi connectivity index (χ0n) is 21.4. The van der Waals surface area contributed by atoms with Gasteiger partial charge in [-0.2, -0.15) is 0 Å². The summed E-state index contributed by atoms with van der Waals surface area (Å²) < 4.78 is 34.4. The van der Waals surface area contributed by atoms with Crippen LogP contribution < -0.4 is 45.3 Å². The number of hydrogen-bond donors (Lipinski definition) is 4. The van der Waals surface area contributed by atoms with Gasteiger partial charge < -0.3 is 49.5 Å². The number of nitrogens with zero attached hydrogens (tertiary/aromatic N) is 1. The van der Waals surface area contributed by atoms with Crippen molar-refractivity contribution in [2.75, 3.05) is 60.3 Å². The monoisotopic (exact) mass is 551 g/mol. The molecule has 0 fully saturated rings. The summed E-state index contributed by atoms with van der Waals surface area (Å²) >= 11 is 0. The summed E-state index contributed by atoms with van der Waals surface area (Å²) in [4.78, 5) is 44.7. The number of alkyl carbamates (subject to hydrolysis) is 2. The molecule has 0 bridgehead atoms. The van der Waals surface area contributed by atoms with Gasteiger partial charge >= 0.3 is 49.6 Å². The number of unbranched alkanes of at least 4 members (excludes halogenated alkanes) is 4. The van der Waals surface area contributed by atoms with Crippen molar-refractivity contribution in [1.29, 1.82) is 0 Å². The fourth-order valence-electron chi connectivity index (χ4n) is 2.64. The first-order chi connectivity index (χ1) is 16.7. The van der Waals surface area contributed by atoms with Crippen LogP contribution in [0.1, 0.15) is 44.9 Å². The summed E-state index contributed by atoms with van der Waals surface area (Å²) in [5, 5.41) is 17.6. The third-order valence-electron chi connectivity index (χ3n) is 4.40. The zero-order valence-corrected chi connectivity index (χ0v) is 24.3. The maximum atomic E-state index is 12.5. The molecule has 2 amide bonds. The number of methoxy groups -OCH3 is 2. The fourth-order valence-corrected chi connectivity index (χ4v) is 3.01. The van der Waals surface area contributed by atoms with Gasteiger partial charge in [0.15, 0.2) is 0 Å². The fraction of sp³-hybridized carbons (Fsp3) is 0.850. The van der Waals surface area contributed by atoms with Crippen LogP contribution in [0.25, 0.3) is 0 Å². The molecule has 0 aliphatic carbocycles. The Morgan fingerprint density at radius 2 is 1.50 bits per heavy atom. The van der Waals surface area contributed by atoms with E-state index in [0.29, 0.717) is 58.1 Å². The molecule has 16 heteroatoms. The zero-order chi connectivity index (χ0) is 26.4. The maximum absolute atomic E-state index is 12.5. The molecule has 14 nitrogen and oxygen atoms in total. The first-order valence-electron chi connectivity index (χ1n) is 11.4. The Morgan fingerprint density at radius 3 is 2.11 bits per heavy atom. The average molecular weight is 552 g/mol. The molecule has 0 aliphatic rings. The number of phosphoric ester groups is 1. The summed E-state index contributed by atoms with van der Waals surface area (Å²) in [5.74, 6) is -0.481. The number of rotatable bonds is 21. The van der Waals surface area contributed by atoms with Crippen LogP contribution in [0.5, 0.6) is 0 Å². The maximum Gasteiger partial charge on any atom is 1.00 e. The van der Waals surface area contributed by atoms with Crippen molar-refractivity contribution >= 4 is 25.9 Å². The van der Waals surface area contributed by atoms with Gasteiger partial charge in [0.05, 0.1) is 25.9 Å². The predicted octanol–water partition coefficient (Wildman–Crippen LogP) is -2.30. The molecule has 4 N–H and O–H groups in total. The van der Waals surface area contributed by atoms with Crippen molar-refractivity contribution in [3.8, 4) is 0 Å². The number of nitrogens with one attached hydrogen (secondary N) is 2. The van der Waals surface area contributed by atoms with Crippen LogP contribution in [0.15, 0.2) is 4.99 Å². The van der Waals surface area contributed by atoms with E-state index in [4.69, 9.17) is 28.7 Å². The van der Waals surface area contributed by atoms with E-state index in [9.17, 15) is 19.3 Å². The van der Waals surface area contributed by atoms with Gasteiger partial charge in [-0.25, -0.2) is 14.2 Å². The summed E-state index contributed by atoms with van der Waals surface area (Å²) in [6, 6.07) is -0.865. The molecule has 36 heavy (non-hydrogen) atoms. The van der Waals surface area contributed by atoms with E-state index in [1.807, 2.05) is 0 Å². The van der Waals surface area contributed by atoms with Gasteiger partial charge in [0.25, 0.3) is 0 Å². The molecule has 0 spiro atoms. The molecule has 0 heterocycles. The average Bonchev–Trinajstić information content (AvgIpc) is 2.79. The molecular weight excluding hydrogens is 512 g/mol. The third-order valence-corrected chi connectivity index (χ3v) is 4.92. The van der Waals surface area contributed by atoms with Crippen molar-refractivity contribution in [1.82, 2.24) is 10.6 Å². The van der Waals surface area contributed by atoms with Gasteiger partial charge in [-0.1, -0.05) is 12.8 Å². The minimum Gasteiger partial charge on any atom is -0.861 e. The molecule has 0 aromatic heterocycles. The number of carbonyl (C=O) groups is 2. The van der Waals surface area contributed by atoms with Gasteiger partial charge in [-0.15, -0.1) is 0 Å². The second-order valence-corrected chi connectivity index (χ2v) is 8.57. The Labute approximate surface area is 234 Å².